The average molecular weight is 495 g/mol. The highest BCUT2D eigenvalue weighted by molar-refractivity contribution is 7.17. The molecule has 0 aliphatic carbocycles. The molecule has 1 saturated heterocycles. The molecule has 1 aliphatic rings. The third kappa shape index (κ3) is 5.28. The highest BCUT2D eigenvalue weighted by atomic mass is 32.1. The molecule has 1 N–H and O–H groups in total. The lowest BCUT2D eigenvalue weighted by Crippen LogP contribution is -2.39. The fourth-order valence-corrected chi connectivity index (χ4v) is 5.46. The maximum Gasteiger partial charge on any atom is 0.242 e. The molecular formula is C27H28F2N4OS. The van der Waals surface area contributed by atoms with E-state index in [1.54, 1.807) is 11.3 Å². The van der Waals surface area contributed by atoms with E-state index in [1.165, 1.54) is 17.7 Å². The molecule has 0 spiro atoms. The van der Waals surface area contributed by atoms with Gasteiger partial charge in [0, 0.05) is 37.3 Å². The molecule has 0 saturated carbocycles. The molecule has 5 nitrogen and oxygen atoms in total. The van der Waals surface area contributed by atoms with Gasteiger partial charge in [-0.3, -0.25) is 4.90 Å². The van der Waals surface area contributed by atoms with Crippen molar-refractivity contribution in [1.82, 2.24) is 14.9 Å². The van der Waals surface area contributed by atoms with Gasteiger partial charge in [0.2, 0.25) is 11.8 Å². The number of piperidine rings is 1. The first kappa shape index (κ1) is 23.6. The van der Waals surface area contributed by atoms with Crippen LogP contribution in [0.25, 0.3) is 10.2 Å². The Bertz CT molecular complexity index is 1340. The maximum absolute atomic E-state index is 14.0. The first-order chi connectivity index (χ1) is 16.9. The van der Waals surface area contributed by atoms with E-state index in [9.17, 15) is 8.78 Å². The van der Waals surface area contributed by atoms with Crippen LogP contribution in [0.2, 0.25) is 0 Å². The molecule has 3 heterocycles. The zero-order valence-electron chi connectivity index (χ0n) is 20.1. The first-order valence-electron chi connectivity index (χ1n) is 11.8. The smallest absolute Gasteiger partial charge is 0.242 e. The van der Waals surface area contributed by atoms with Crippen molar-refractivity contribution < 1.29 is 13.5 Å². The summed E-state index contributed by atoms with van der Waals surface area (Å²) in [6.07, 6.45) is 1.75. The van der Waals surface area contributed by atoms with Crippen molar-refractivity contribution in [3.63, 3.8) is 0 Å². The molecule has 0 atom stereocenters. The molecule has 35 heavy (non-hydrogen) atoms. The average Bonchev–Trinajstić information content (AvgIpc) is 3.28. The van der Waals surface area contributed by atoms with E-state index in [0.717, 1.165) is 59.1 Å². The summed E-state index contributed by atoms with van der Waals surface area (Å²) in [5, 5.41) is 5.48. The van der Waals surface area contributed by atoms with Crippen molar-refractivity contribution in [2.45, 2.75) is 46.2 Å². The first-order valence-corrected chi connectivity index (χ1v) is 12.7. The Labute approximate surface area is 207 Å². The number of ether oxygens (including phenoxy) is 1. The predicted molar refractivity (Wildman–Crippen MR) is 136 cm³/mol. The van der Waals surface area contributed by atoms with Crippen LogP contribution in [0.5, 0.6) is 11.6 Å². The second kappa shape index (κ2) is 9.87. The number of hydrogen-bond acceptors (Lipinski definition) is 6. The van der Waals surface area contributed by atoms with Gasteiger partial charge < -0.3 is 10.1 Å². The zero-order valence-corrected chi connectivity index (χ0v) is 20.9. The SMILES string of the molecule is Cc1cc(C)c(Oc2nc(NC3CCN(Cc4ccc(F)cc4F)CC3)nc3ccsc23)c(C)c1. The van der Waals surface area contributed by atoms with E-state index >= 15 is 0 Å². The fraction of sp³-hybridized carbons (Fsp3) is 0.333. The van der Waals surface area contributed by atoms with E-state index in [2.05, 4.69) is 29.3 Å². The van der Waals surface area contributed by atoms with Crippen LogP contribution in [0, 0.1) is 32.4 Å². The molecule has 1 fully saturated rings. The minimum Gasteiger partial charge on any atom is -0.437 e. The van der Waals surface area contributed by atoms with Crippen LogP contribution < -0.4 is 10.1 Å². The molecule has 1 aliphatic heterocycles. The zero-order chi connectivity index (χ0) is 24.5. The van der Waals surface area contributed by atoms with E-state index in [4.69, 9.17) is 14.7 Å². The molecule has 0 amide bonds. The second-order valence-corrected chi connectivity index (χ2v) is 10.2. The Morgan fingerprint density at radius 3 is 2.49 bits per heavy atom. The number of halogens is 2. The van der Waals surface area contributed by atoms with E-state index in [1.807, 2.05) is 25.3 Å². The van der Waals surface area contributed by atoms with Crippen LogP contribution in [0.4, 0.5) is 14.7 Å². The summed E-state index contributed by atoms with van der Waals surface area (Å²) in [4.78, 5) is 11.6. The number of thiophene rings is 1. The van der Waals surface area contributed by atoms with Gasteiger partial charge in [-0.15, -0.1) is 11.3 Å². The van der Waals surface area contributed by atoms with Gasteiger partial charge in [0.25, 0.3) is 0 Å². The molecule has 5 rings (SSSR count). The number of anilines is 1. The Balaban J connectivity index is 1.28. The summed E-state index contributed by atoms with van der Waals surface area (Å²) in [5.74, 6) is 0.904. The van der Waals surface area contributed by atoms with Crippen molar-refractivity contribution in [2.75, 3.05) is 18.4 Å². The lowest BCUT2D eigenvalue weighted by molar-refractivity contribution is 0.208. The molecule has 0 bridgehead atoms. The largest absolute Gasteiger partial charge is 0.437 e. The normalized spacial score (nSPS) is 15.0. The number of hydrogen-bond donors (Lipinski definition) is 1. The number of benzene rings is 2. The molecule has 0 unspecified atom stereocenters. The minimum absolute atomic E-state index is 0.205. The molecular weight excluding hydrogens is 466 g/mol. The Morgan fingerprint density at radius 1 is 1.03 bits per heavy atom. The van der Waals surface area contributed by atoms with Crippen molar-refractivity contribution in [3.8, 4) is 11.6 Å². The van der Waals surface area contributed by atoms with Gasteiger partial charge in [-0.25, -0.2) is 13.8 Å². The van der Waals surface area contributed by atoms with Gasteiger partial charge in [-0.05, 0) is 62.3 Å². The maximum atomic E-state index is 14.0. The summed E-state index contributed by atoms with van der Waals surface area (Å²) < 4.78 is 34.5. The molecule has 2 aromatic carbocycles. The Kier molecular flexibility index (Phi) is 6.67. The summed E-state index contributed by atoms with van der Waals surface area (Å²) in [6.45, 7) is 8.26. The monoisotopic (exact) mass is 494 g/mol. The summed E-state index contributed by atoms with van der Waals surface area (Å²) in [7, 11) is 0. The van der Waals surface area contributed by atoms with Crippen molar-refractivity contribution in [2.24, 2.45) is 0 Å². The topological polar surface area (TPSA) is 50.3 Å². The third-order valence-electron chi connectivity index (χ3n) is 6.41. The number of aromatic nitrogens is 2. The van der Waals surface area contributed by atoms with Gasteiger partial charge in [0.1, 0.15) is 22.1 Å². The molecule has 2 aromatic heterocycles. The van der Waals surface area contributed by atoms with Crippen LogP contribution in [0.15, 0.2) is 41.8 Å². The minimum atomic E-state index is -0.548. The van der Waals surface area contributed by atoms with Crippen LogP contribution in [0.3, 0.4) is 0 Å². The van der Waals surface area contributed by atoms with E-state index in [-0.39, 0.29) is 6.04 Å². The van der Waals surface area contributed by atoms with Crippen LogP contribution in [-0.2, 0) is 6.54 Å². The van der Waals surface area contributed by atoms with Gasteiger partial charge in [-0.1, -0.05) is 23.8 Å². The number of likely N-dealkylation sites (tertiary alicyclic amines) is 1. The van der Waals surface area contributed by atoms with Gasteiger partial charge >= 0.3 is 0 Å². The highest BCUT2D eigenvalue weighted by Crippen LogP contribution is 2.35. The van der Waals surface area contributed by atoms with Gasteiger partial charge in [0.15, 0.2) is 0 Å². The number of fused-ring (bicyclic) bond motifs is 1. The van der Waals surface area contributed by atoms with Crippen LogP contribution in [-0.4, -0.2) is 34.0 Å². The Morgan fingerprint density at radius 2 is 1.77 bits per heavy atom. The summed E-state index contributed by atoms with van der Waals surface area (Å²) >= 11 is 1.57. The standard InChI is InChI=1S/C27H28F2N4OS/c1-16-12-17(2)24(18(3)13-16)34-26-25-23(8-11-35-25)31-27(32-26)30-21-6-9-33(10-7-21)15-19-4-5-20(28)14-22(19)29/h4-5,8,11-14,21H,6-7,9-10,15H2,1-3H3,(H,30,31,32). The molecule has 182 valence electrons. The van der Waals surface area contributed by atoms with Crippen molar-refractivity contribution >= 4 is 27.5 Å². The third-order valence-corrected chi connectivity index (χ3v) is 7.30. The number of nitrogens with one attached hydrogen (secondary N) is 1. The lowest BCUT2D eigenvalue weighted by Gasteiger charge is -2.32. The molecule has 8 heteroatoms. The van der Waals surface area contributed by atoms with Crippen molar-refractivity contribution in [1.29, 1.82) is 0 Å². The van der Waals surface area contributed by atoms with Gasteiger partial charge in [0.05, 0.1) is 5.52 Å². The molecule has 4 aromatic rings. The number of aryl methyl sites for hydroxylation is 3. The number of rotatable bonds is 6. The highest BCUT2D eigenvalue weighted by Gasteiger charge is 2.22. The van der Waals surface area contributed by atoms with Gasteiger partial charge in [-0.2, -0.15) is 4.98 Å². The summed E-state index contributed by atoms with van der Waals surface area (Å²) in [5.41, 5.74) is 4.73. The predicted octanol–water partition coefficient (Wildman–Crippen LogP) is 6.76. The second-order valence-electron chi connectivity index (χ2n) is 9.25. The molecule has 0 radical (unpaired) electrons. The Hall–Kier alpha value is -3.10. The van der Waals surface area contributed by atoms with E-state index in [0.29, 0.717) is 23.9 Å². The number of nitrogens with zero attached hydrogens (tertiary/aromatic N) is 3. The summed E-state index contributed by atoms with van der Waals surface area (Å²) in [6, 6.07) is 10.2. The fourth-order valence-electron chi connectivity index (χ4n) is 4.70. The van der Waals surface area contributed by atoms with Crippen molar-refractivity contribution in [3.05, 3.63) is 75.7 Å². The van der Waals surface area contributed by atoms with Crippen LogP contribution >= 0.6 is 11.3 Å². The van der Waals surface area contributed by atoms with Crippen LogP contribution in [0.1, 0.15) is 35.1 Å². The lowest BCUT2D eigenvalue weighted by atomic mass is 10.0. The quantitative estimate of drug-likeness (QED) is 0.321. The van der Waals surface area contributed by atoms with E-state index < -0.39 is 11.6 Å².